The Balaban J connectivity index is 1.57. The SMILES string of the molecule is COCCN(CCOC)CC(=O)N1CCN(S(=O)(=O)c2ccc3c(c2)OCCO3)CC1. The maximum absolute atomic E-state index is 13.1. The number of hydrogen-bond donors (Lipinski definition) is 0. The van der Waals surface area contributed by atoms with Crippen molar-refractivity contribution >= 4 is 15.9 Å². The summed E-state index contributed by atoms with van der Waals surface area (Å²) < 4.78 is 48.7. The fraction of sp³-hybridized carbons (Fsp3) is 0.650. The number of nitrogens with zero attached hydrogens (tertiary/aromatic N) is 3. The van der Waals surface area contributed by atoms with Gasteiger partial charge < -0.3 is 23.8 Å². The highest BCUT2D eigenvalue weighted by Gasteiger charge is 2.31. The van der Waals surface area contributed by atoms with Crippen LogP contribution >= 0.6 is 0 Å². The predicted octanol–water partition coefficient (Wildman–Crippen LogP) is -0.114. The first-order valence-corrected chi connectivity index (χ1v) is 11.8. The zero-order valence-corrected chi connectivity index (χ0v) is 18.9. The van der Waals surface area contributed by atoms with Gasteiger partial charge in [0.2, 0.25) is 15.9 Å². The van der Waals surface area contributed by atoms with Gasteiger partial charge in [-0.1, -0.05) is 0 Å². The molecule has 0 spiro atoms. The van der Waals surface area contributed by atoms with Crippen LogP contribution in [-0.2, 0) is 24.3 Å². The van der Waals surface area contributed by atoms with Gasteiger partial charge in [0.15, 0.2) is 11.5 Å². The number of benzene rings is 1. The summed E-state index contributed by atoms with van der Waals surface area (Å²) in [5.74, 6) is 0.962. The minimum absolute atomic E-state index is 0.0245. The molecule has 2 aliphatic heterocycles. The minimum atomic E-state index is -3.68. The standard InChI is InChI=1S/C20H31N3O7S/c1-27-11-9-21(10-12-28-2)16-20(24)22-5-7-23(8-6-22)31(25,26)17-3-4-18-19(15-17)30-14-13-29-18/h3-4,15H,5-14,16H2,1-2H3. The van der Waals surface area contributed by atoms with E-state index in [2.05, 4.69) is 0 Å². The molecule has 10 nitrogen and oxygen atoms in total. The number of methoxy groups -OCH3 is 2. The summed E-state index contributed by atoms with van der Waals surface area (Å²) in [5, 5.41) is 0. The molecule has 1 aromatic carbocycles. The van der Waals surface area contributed by atoms with Crippen LogP contribution < -0.4 is 9.47 Å². The van der Waals surface area contributed by atoms with Crippen molar-refractivity contribution in [1.82, 2.24) is 14.1 Å². The topological polar surface area (TPSA) is 97.9 Å². The lowest BCUT2D eigenvalue weighted by Crippen LogP contribution is -2.52. The molecule has 174 valence electrons. The molecular formula is C20H31N3O7S. The van der Waals surface area contributed by atoms with Crippen LogP contribution in [-0.4, -0.2) is 115 Å². The molecule has 0 radical (unpaired) electrons. The molecule has 1 amide bonds. The van der Waals surface area contributed by atoms with E-state index >= 15 is 0 Å². The van der Waals surface area contributed by atoms with Crippen LogP contribution in [0.5, 0.6) is 11.5 Å². The minimum Gasteiger partial charge on any atom is -0.486 e. The Labute approximate surface area is 183 Å². The largest absolute Gasteiger partial charge is 0.486 e. The second-order valence-electron chi connectivity index (χ2n) is 7.35. The monoisotopic (exact) mass is 457 g/mol. The van der Waals surface area contributed by atoms with Crippen LogP contribution in [0, 0.1) is 0 Å². The number of piperazine rings is 1. The van der Waals surface area contributed by atoms with Crippen LogP contribution in [0.15, 0.2) is 23.1 Å². The number of fused-ring (bicyclic) bond motifs is 1. The number of hydrogen-bond acceptors (Lipinski definition) is 8. The first-order chi connectivity index (χ1) is 15.0. The Hall–Kier alpha value is -1.92. The summed E-state index contributed by atoms with van der Waals surface area (Å²) in [4.78, 5) is 16.6. The lowest BCUT2D eigenvalue weighted by atomic mass is 10.3. The van der Waals surface area contributed by atoms with Gasteiger partial charge in [0.1, 0.15) is 13.2 Å². The van der Waals surface area contributed by atoms with Gasteiger partial charge in [0, 0.05) is 59.6 Å². The molecule has 0 aromatic heterocycles. The molecule has 0 atom stereocenters. The summed E-state index contributed by atoms with van der Waals surface area (Å²) in [6.07, 6.45) is 0. The van der Waals surface area contributed by atoms with E-state index in [4.69, 9.17) is 18.9 Å². The molecule has 31 heavy (non-hydrogen) atoms. The van der Waals surface area contributed by atoms with E-state index < -0.39 is 10.0 Å². The smallest absolute Gasteiger partial charge is 0.243 e. The van der Waals surface area contributed by atoms with Gasteiger partial charge >= 0.3 is 0 Å². The van der Waals surface area contributed by atoms with E-state index in [1.165, 1.54) is 16.4 Å². The molecule has 1 aromatic rings. The van der Waals surface area contributed by atoms with E-state index in [0.717, 1.165) is 0 Å². The molecule has 2 aliphatic rings. The lowest BCUT2D eigenvalue weighted by molar-refractivity contribution is -0.133. The first kappa shape index (κ1) is 23.7. The summed E-state index contributed by atoms with van der Waals surface area (Å²) in [7, 11) is -0.430. The van der Waals surface area contributed by atoms with Gasteiger partial charge in [-0.15, -0.1) is 0 Å². The summed E-state index contributed by atoms with van der Waals surface area (Å²) in [6, 6.07) is 4.66. The van der Waals surface area contributed by atoms with Gasteiger partial charge in [-0.05, 0) is 12.1 Å². The van der Waals surface area contributed by atoms with E-state index in [1.54, 1.807) is 25.2 Å². The molecular weight excluding hydrogens is 426 g/mol. The first-order valence-electron chi connectivity index (χ1n) is 10.3. The fourth-order valence-corrected chi connectivity index (χ4v) is 4.95. The Morgan fingerprint density at radius 1 is 1.00 bits per heavy atom. The number of sulfonamides is 1. The second kappa shape index (κ2) is 11.1. The van der Waals surface area contributed by atoms with Crippen molar-refractivity contribution in [3.63, 3.8) is 0 Å². The van der Waals surface area contributed by atoms with E-state index in [-0.39, 0.29) is 30.4 Å². The van der Waals surface area contributed by atoms with Crippen molar-refractivity contribution in [3.8, 4) is 11.5 Å². The maximum Gasteiger partial charge on any atom is 0.243 e. The number of carbonyl (C=O) groups excluding carboxylic acids is 1. The van der Waals surface area contributed by atoms with Gasteiger partial charge in [-0.3, -0.25) is 9.69 Å². The molecule has 0 bridgehead atoms. The molecule has 0 aliphatic carbocycles. The number of carbonyl (C=O) groups is 1. The van der Waals surface area contributed by atoms with Crippen molar-refractivity contribution in [2.45, 2.75) is 4.90 Å². The van der Waals surface area contributed by atoms with E-state index in [9.17, 15) is 13.2 Å². The normalized spacial score (nSPS) is 17.2. The van der Waals surface area contributed by atoms with E-state index in [0.29, 0.717) is 64.1 Å². The van der Waals surface area contributed by atoms with Crippen LogP contribution in [0.3, 0.4) is 0 Å². The molecule has 11 heteroatoms. The average molecular weight is 458 g/mol. The third kappa shape index (κ3) is 6.07. The van der Waals surface area contributed by atoms with Crippen molar-refractivity contribution in [2.24, 2.45) is 0 Å². The number of ether oxygens (including phenoxy) is 4. The van der Waals surface area contributed by atoms with Crippen LogP contribution in [0.25, 0.3) is 0 Å². The Kier molecular flexibility index (Phi) is 8.50. The van der Waals surface area contributed by atoms with Crippen molar-refractivity contribution < 1.29 is 32.2 Å². The molecule has 0 unspecified atom stereocenters. The predicted molar refractivity (Wildman–Crippen MR) is 113 cm³/mol. The van der Waals surface area contributed by atoms with Crippen molar-refractivity contribution in [3.05, 3.63) is 18.2 Å². The van der Waals surface area contributed by atoms with Crippen LogP contribution in [0.2, 0.25) is 0 Å². The number of amides is 1. The third-order valence-corrected chi connectivity index (χ3v) is 7.22. The van der Waals surface area contributed by atoms with Gasteiger partial charge in [-0.2, -0.15) is 4.31 Å². The van der Waals surface area contributed by atoms with Crippen LogP contribution in [0.4, 0.5) is 0 Å². The third-order valence-electron chi connectivity index (χ3n) is 5.32. The highest BCUT2D eigenvalue weighted by Crippen LogP contribution is 2.33. The van der Waals surface area contributed by atoms with E-state index in [1.807, 2.05) is 4.90 Å². The molecule has 0 N–H and O–H groups in total. The summed E-state index contributed by atoms with van der Waals surface area (Å²) in [5.41, 5.74) is 0. The highest BCUT2D eigenvalue weighted by molar-refractivity contribution is 7.89. The molecule has 2 heterocycles. The zero-order chi connectivity index (χ0) is 22.3. The molecule has 0 saturated carbocycles. The van der Waals surface area contributed by atoms with Gasteiger partial charge in [-0.25, -0.2) is 8.42 Å². The van der Waals surface area contributed by atoms with Crippen molar-refractivity contribution in [2.75, 3.05) is 86.5 Å². The fourth-order valence-electron chi connectivity index (χ4n) is 3.51. The quantitative estimate of drug-likeness (QED) is 0.480. The highest BCUT2D eigenvalue weighted by atomic mass is 32.2. The maximum atomic E-state index is 13.1. The van der Waals surface area contributed by atoms with Crippen molar-refractivity contribution in [1.29, 1.82) is 0 Å². The Morgan fingerprint density at radius 3 is 2.23 bits per heavy atom. The Morgan fingerprint density at radius 2 is 1.61 bits per heavy atom. The Bertz CT molecular complexity index is 833. The second-order valence-corrected chi connectivity index (χ2v) is 9.29. The van der Waals surface area contributed by atoms with Crippen LogP contribution in [0.1, 0.15) is 0 Å². The zero-order valence-electron chi connectivity index (χ0n) is 18.1. The van der Waals surface area contributed by atoms with Gasteiger partial charge in [0.05, 0.1) is 24.7 Å². The summed E-state index contributed by atoms with van der Waals surface area (Å²) in [6.45, 7) is 4.60. The average Bonchev–Trinajstić information content (AvgIpc) is 2.80. The number of rotatable bonds is 10. The molecule has 1 fully saturated rings. The molecule has 1 saturated heterocycles. The summed E-state index contributed by atoms with van der Waals surface area (Å²) >= 11 is 0. The lowest BCUT2D eigenvalue weighted by Gasteiger charge is -2.35. The van der Waals surface area contributed by atoms with Gasteiger partial charge in [0.25, 0.3) is 0 Å². The molecule has 3 rings (SSSR count).